The number of anilines is 1. The van der Waals surface area contributed by atoms with Gasteiger partial charge in [-0.15, -0.1) is 0 Å². The van der Waals surface area contributed by atoms with Crippen molar-refractivity contribution in [3.05, 3.63) is 46.8 Å². The zero-order valence-corrected chi connectivity index (χ0v) is 15.6. The molecule has 0 bridgehead atoms. The summed E-state index contributed by atoms with van der Waals surface area (Å²) in [5.74, 6) is 0.522. The Morgan fingerprint density at radius 3 is 2.48 bits per heavy atom. The van der Waals surface area contributed by atoms with Gasteiger partial charge in [-0.05, 0) is 31.5 Å². The lowest BCUT2D eigenvalue weighted by molar-refractivity contribution is 0.0517. The SMILES string of the molecule is CC(C)OC(=O)N1CCC(Oc2cc(-c3ccc(N)cc3)[nH]c(=O)c2)CC1. The van der Waals surface area contributed by atoms with Gasteiger partial charge in [0.1, 0.15) is 11.9 Å². The number of pyridine rings is 1. The number of aromatic nitrogens is 1. The van der Waals surface area contributed by atoms with Crippen LogP contribution >= 0.6 is 0 Å². The molecule has 7 nitrogen and oxygen atoms in total. The predicted molar refractivity (Wildman–Crippen MR) is 104 cm³/mol. The van der Waals surface area contributed by atoms with Crippen molar-refractivity contribution in [3.8, 4) is 17.0 Å². The molecule has 27 heavy (non-hydrogen) atoms. The van der Waals surface area contributed by atoms with Crippen molar-refractivity contribution in [1.82, 2.24) is 9.88 Å². The van der Waals surface area contributed by atoms with Gasteiger partial charge in [-0.3, -0.25) is 4.79 Å². The number of carbonyl (C=O) groups is 1. The molecular weight excluding hydrogens is 346 g/mol. The summed E-state index contributed by atoms with van der Waals surface area (Å²) in [5.41, 5.74) is 7.69. The highest BCUT2D eigenvalue weighted by molar-refractivity contribution is 5.68. The average Bonchev–Trinajstić information content (AvgIpc) is 2.62. The van der Waals surface area contributed by atoms with E-state index in [9.17, 15) is 9.59 Å². The fraction of sp³-hybridized carbons (Fsp3) is 0.400. The van der Waals surface area contributed by atoms with E-state index in [1.807, 2.05) is 32.0 Å². The van der Waals surface area contributed by atoms with E-state index < -0.39 is 0 Å². The first-order chi connectivity index (χ1) is 12.9. The molecular formula is C20H25N3O4. The number of hydrogen-bond acceptors (Lipinski definition) is 5. The molecule has 3 rings (SSSR count). The van der Waals surface area contributed by atoms with Crippen molar-refractivity contribution in [2.24, 2.45) is 0 Å². The quantitative estimate of drug-likeness (QED) is 0.805. The fourth-order valence-corrected chi connectivity index (χ4v) is 3.03. The molecule has 0 atom stereocenters. The first-order valence-corrected chi connectivity index (χ1v) is 9.13. The van der Waals surface area contributed by atoms with E-state index >= 15 is 0 Å². The van der Waals surface area contributed by atoms with Crippen LogP contribution in [0, 0.1) is 0 Å². The molecule has 0 saturated carbocycles. The van der Waals surface area contributed by atoms with Gasteiger partial charge in [-0.1, -0.05) is 12.1 Å². The number of nitrogens with one attached hydrogen (secondary N) is 1. The minimum Gasteiger partial charge on any atom is -0.490 e. The number of rotatable bonds is 4. The fourth-order valence-electron chi connectivity index (χ4n) is 3.03. The van der Waals surface area contributed by atoms with Crippen molar-refractivity contribution < 1.29 is 14.3 Å². The van der Waals surface area contributed by atoms with Crippen LogP contribution in [0.25, 0.3) is 11.3 Å². The summed E-state index contributed by atoms with van der Waals surface area (Å²) in [6.07, 6.45) is 0.919. The normalized spacial score (nSPS) is 15.0. The lowest BCUT2D eigenvalue weighted by Gasteiger charge is -2.32. The van der Waals surface area contributed by atoms with Crippen LogP contribution in [0.4, 0.5) is 10.5 Å². The van der Waals surface area contributed by atoms with Crippen molar-refractivity contribution in [1.29, 1.82) is 0 Å². The van der Waals surface area contributed by atoms with Crippen LogP contribution in [0.2, 0.25) is 0 Å². The zero-order chi connectivity index (χ0) is 19.4. The molecule has 1 aromatic carbocycles. The van der Waals surface area contributed by atoms with E-state index in [0.717, 1.165) is 5.56 Å². The smallest absolute Gasteiger partial charge is 0.410 e. The van der Waals surface area contributed by atoms with Crippen molar-refractivity contribution in [2.45, 2.75) is 38.9 Å². The van der Waals surface area contributed by atoms with Crippen LogP contribution < -0.4 is 16.0 Å². The Bertz CT molecular complexity index is 837. The molecule has 1 aliphatic rings. The van der Waals surface area contributed by atoms with Gasteiger partial charge in [0.15, 0.2) is 0 Å². The van der Waals surface area contributed by atoms with Gasteiger partial charge < -0.3 is 25.1 Å². The number of amides is 1. The number of benzene rings is 1. The first-order valence-electron chi connectivity index (χ1n) is 9.13. The maximum Gasteiger partial charge on any atom is 0.410 e. The van der Waals surface area contributed by atoms with E-state index in [-0.39, 0.29) is 23.9 Å². The summed E-state index contributed by atoms with van der Waals surface area (Å²) in [4.78, 5) is 28.5. The highest BCUT2D eigenvalue weighted by atomic mass is 16.6. The second-order valence-electron chi connectivity index (χ2n) is 6.95. The van der Waals surface area contributed by atoms with Crippen LogP contribution in [-0.4, -0.2) is 41.3 Å². The Morgan fingerprint density at radius 2 is 1.85 bits per heavy atom. The average molecular weight is 371 g/mol. The number of H-pyrrole nitrogens is 1. The Balaban J connectivity index is 1.64. The molecule has 3 N–H and O–H groups in total. The number of aromatic amines is 1. The Kier molecular flexibility index (Phi) is 5.69. The molecule has 0 radical (unpaired) electrons. The number of likely N-dealkylation sites (tertiary alicyclic amines) is 1. The molecule has 0 aliphatic carbocycles. The number of piperidine rings is 1. The van der Waals surface area contributed by atoms with Gasteiger partial charge in [0.25, 0.3) is 5.56 Å². The molecule has 1 aromatic heterocycles. The van der Waals surface area contributed by atoms with Crippen LogP contribution in [0.15, 0.2) is 41.2 Å². The summed E-state index contributed by atoms with van der Waals surface area (Å²) in [6.45, 7) is 4.81. The molecule has 1 fully saturated rings. The topological polar surface area (TPSA) is 97.6 Å². The lowest BCUT2D eigenvalue weighted by Crippen LogP contribution is -2.42. The highest BCUT2D eigenvalue weighted by Crippen LogP contribution is 2.24. The molecule has 2 heterocycles. The standard InChI is InChI=1S/C20H25N3O4/c1-13(2)26-20(25)23-9-7-16(8-10-23)27-17-11-18(22-19(24)12-17)14-3-5-15(21)6-4-14/h3-6,11-13,16H,7-10,21H2,1-2H3,(H,22,24). The number of carbonyl (C=O) groups excluding carboxylic acids is 1. The third-order valence-electron chi connectivity index (χ3n) is 4.38. The summed E-state index contributed by atoms with van der Waals surface area (Å²) >= 11 is 0. The largest absolute Gasteiger partial charge is 0.490 e. The number of nitrogen functional groups attached to an aromatic ring is 1. The van der Waals surface area contributed by atoms with Gasteiger partial charge >= 0.3 is 6.09 Å². The summed E-state index contributed by atoms with van der Waals surface area (Å²) in [7, 11) is 0. The lowest BCUT2D eigenvalue weighted by atomic mass is 10.1. The van der Waals surface area contributed by atoms with Crippen LogP contribution in [0.1, 0.15) is 26.7 Å². The van der Waals surface area contributed by atoms with E-state index in [0.29, 0.717) is 43.1 Å². The number of nitrogens with zero attached hydrogens (tertiary/aromatic N) is 1. The Morgan fingerprint density at radius 1 is 1.19 bits per heavy atom. The van der Waals surface area contributed by atoms with Gasteiger partial charge in [-0.25, -0.2) is 4.79 Å². The minimum atomic E-state index is -0.287. The van der Waals surface area contributed by atoms with Gasteiger partial charge in [0, 0.05) is 43.8 Å². The second-order valence-corrected chi connectivity index (χ2v) is 6.95. The third-order valence-corrected chi connectivity index (χ3v) is 4.38. The van der Waals surface area contributed by atoms with Gasteiger partial charge in [-0.2, -0.15) is 0 Å². The van der Waals surface area contributed by atoms with Crippen LogP contribution in [-0.2, 0) is 4.74 Å². The molecule has 7 heteroatoms. The van der Waals surface area contributed by atoms with E-state index in [1.54, 1.807) is 17.0 Å². The number of ether oxygens (including phenoxy) is 2. The number of nitrogens with two attached hydrogens (primary N) is 1. The number of hydrogen-bond donors (Lipinski definition) is 2. The molecule has 0 spiro atoms. The maximum atomic E-state index is 12.0. The molecule has 1 aliphatic heterocycles. The summed E-state index contributed by atoms with van der Waals surface area (Å²) in [6, 6.07) is 10.5. The highest BCUT2D eigenvalue weighted by Gasteiger charge is 2.25. The monoisotopic (exact) mass is 371 g/mol. The van der Waals surface area contributed by atoms with Crippen molar-refractivity contribution in [2.75, 3.05) is 18.8 Å². The molecule has 1 amide bonds. The van der Waals surface area contributed by atoms with Crippen LogP contribution in [0.5, 0.6) is 5.75 Å². The zero-order valence-electron chi connectivity index (χ0n) is 15.6. The third kappa shape index (κ3) is 5.03. The summed E-state index contributed by atoms with van der Waals surface area (Å²) in [5, 5.41) is 0. The van der Waals surface area contributed by atoms with Crippen LogP contribution in [0.3, 0.4) is 0 Å². The van der Waals surface area contributed by atoms with E-state index in [2.05, 4.69) is 4.98 Å². The molecule has 1 saturated heterocycles. The maximum absolute atomic E-state index is 12.0. The first kappa shape index (κ1) is 18.8. The predicted octanol–water partition coefficient (Wildman–Crippen LogP) is 3.01. The molecule has 2 aromatic rings. The second kappa shape index (κ2) is 8.16. The Hall–Kier alpha value is -2.96. The van der Waals surface area contributed by atoms with Crippen molar-refractivity contribution in [3.63, 3.8) is 0 Å². The van der Waals surface area contributed by atoms with E-state index in [4.69, 9.17) is 15.2 Å². The van der Waals surface area contributed by atoms with Gasteiger partial charge in [0.2, 0.25) is 0 Å². The summed E-state index contributed by atoms with van der Waals surface area (Å²) < 4.78 is 11.2. The van der Waals surface area contributed by atoms with E-state index in [1.165, 1.54) is 6.07 Å². The Labute approximate surface area is 158 Å². The molecule has 0 unspecified atom stereocenters. The van der Waals surface area contributed by atoms with Crippen molar-refractivity contribution >= 4 is 11.8 Å². The minimum absolute atomic E-state index is 0.0471. The molecule has 144 valence electrons. The van der Waals surface area contributed by atoms with Gasteiger partial charge in [0.05, 0.1) is 11.8 Å².